The fraction of sp³-hybridized carbons (Fsp3) is 0.143. The van der Waals surface area contributed by atoms with Crippen LogP contribution in [0.3, 0.4) is 0 Å². The number of aromatic nitrogens is 4. The highest BCUT2D eigenvalue weighted by molar-refractivity contribution is 9.10. The Morgan fingerprint density at radius 3 is 2.83 bits per heavy atom. The highest BCUT2D eigenvalue weighted by atomic mass is 79.9. The average molecular weight is 410 g/mol. The summed E-state index contributed by atoms with van der Waals surface area (Å²) in [5.41, 5.74) is 1.39. The Hall–Kier alpha value is -1.71. The van der Waals surface area contributed by atoms with Gasteiger partial charge in [-0.2, -0.15) is 5.10 Å². The van der Waals surface area contributed by atoms with Crippen molar-refractivity contribution >= 4 is 44.9 Å². The van der Waals surface area contributed by atoms with E-state index in [4.69, 9.17) is 0 Å². The molecule has 0 spiro atoms. The van der Waals surface area contributed by atoms with Crippen molar-refractivity contribution in [1.82, 2.24) is 25.3 Å². The molecular formula is C14H12BrN5OS2. The number of carbonyl (C=O) groups is 1. The zero-order valence-electron chi connectivity index (χ0n) is 12.1. The number of hydrogen-bond donors (Lipinski definition) is 1. The van der Waals surface area contributed by atoms with Gasteiger partial charge in [-0.05, 0) is 30.5 Å². The summed E-state index contributed by atoms with van der Waals surface area (Å²) < 4.78 is 3.54. The Bertz CT molecular complexity index is 815. The molecule has 6 nitrogen and oxygen atoms in total. The van der Waals surface area contributed by atoms with Crippen LogP contribution in [0.15, 0.2) is 45.5 Å². The summed E-state index contributed by atoms with van der Waals surface area (Å²) in [6.07, 6.45) is 5.19. The Balaban J connectivity index is 1.65. The molecule has 0 radical (unpaired) electrons. The highest BCUT2D eigenvalue weighted by Gasteiger charge is 2.11. The summed E-state index contributed by atoms with van der Waals surface area (Å²) in [5.74, 6) is -0.186. The quantitative estimate of drug-likeness (QED) is 0.655. The van der Waals surface area contributed by atoms with Crippen LogP contribution in [-0.2, 0) is 6.54 Å². The molecule has 1 N–H and O–H groups in total. The van der Waals surface area contributed by atoms with E-state index in [1.54, 1.807) is 17.1 Å². The molecule has 0 unspecified atom stereocenters. The molecule has 1 aromatic carbocycles. The Labute approximate surface area is 149 Å². The number of hydrogen-bond acceptors (Lipinski definition) is 6. The number of rotatable bonds is 5. The zero-order valence-corrected chi connectivity index (χ0v) is 15.3. The van der Waals surface area contributed by atoms with E-state index in [9.17, 15) is 4.79 Å². The van der Waals surface area contributed by atoms with E-state index in [0.29, 0.717) is 12.1 Å². The van der Waals surface area contributed by atoms with Crippen molar-refractivity contribution < 1.29 is 4.79 Å². The highest BCUT2D eigenvalue weighted by Crippen LogP contribution is 2.19. The molecule has 0 fully saturated rings. The van der Waals surface area contributed by atoms with Crippen molar-refractivity contribution in [2.45, 2.75) is 10.9 Å². The number of halogens is 1. The predicted molar refractivity (Wildman–Crippen MR) is 94.1 cm³/mol. The van der Waals surface area contributed by atoms with Gasteiger partial charge in [0.05, 0.1) is 24.0 Å². The normalized spacial score (nSPS) is 10.7. The molecule has 0 aliphatic heterocycles. The lowest BCUT2D eigenvalue weighted by molar-refractivity contribution is 0.0951. The number of benzene rings is 1. The molecule has 118 valence electrons. The first kappa shape index (κ1) is 16.2. The lowest BCUT2D eigenvalue weighted by Crippen LogP contribution is -2.22. The van der Waals surface area contributed by atoms with Crippen molar-refractivity contribution in [2.24, 2.45) is 0 Å². The summed E-state index contributed by atoms with van der Waals surface area (Å²) >= 11 is 6.40. The molecule has 0 aliphatic carbocycles. The number of nitrogens with zero attached hydrogens (tertiary/aromatic N) is 4. The molecule has 2 aromatic heterocycles. The first-order valence-electron chi connectivity index (χ1n) is 6.61. The largest absolute Gasteiger partial charge is 0.345 e. The minimum absolute atomic E-state index is 0.186. The molecule has 3 aromatic rings. The number of carbonyl (C=O) groups excluding carboxylic acids is 1. The van der Waals surface area contributed by atoms with Gasteiger partial charge < -0.3 is 5.32 Å². The van der Waals surface area contributed by atoms with Gasteiger partial charge in [-0.25, -0.2) is 4.68 Å². The molecule has 0 bridgehead atoms. The fourth-order valence-corrected chi connectivity index (χ4v) is 3.34. The van der Waals surface area contributed by atoms with Crippen LogP contribution in [0.1, 0.15) is 15.4 Å². The van der Waals surface area contributed by atoms with Crippen molar-refractivity contribution in [2.75, 3.05) is 6.26 Å². The first-order valence-corrected chi connectivity index (χ1v) is 9.44. The smallest absolute Gasteiger partial charge is 0.254 e. The minimum atomic E-state index is -0.186. The zero-order chi connectivity index (χ0) is 16.2. The number of thioether (sulfide) groups is 1. The van der Waals surface area contributed by atoms with Gasteiger partial charge in [0, 0.05) is 10.7 Å². The predicted octanol–water partition coefficient (Wildman–Crippen LogP) is 3.14. The number of nitrogens with one attached hydrogen (secondary N) is 1. The molecule has 1 amide bonds. The lowest BCUT2D eigenvalue weighted by Gasteiger charge is -2.01. The third-order valence-corrected chi connectivity index (χ3v) is 5.39. The molecule has 0 saturated heterocycles. The maximum Gasteiger partial charge on any atom is 0.254 e. The van der Waals surface area contributed by atoms with E-state index in [0.717, 1.165) is 19.5 Å². The molecule has 3 rings (SSSR count). The standard InChI is InChI=1S/C14H12BrN5OS2/c1-22-14-19-18-12(23-14)7-16-13(21)9-6-17-20(8-9)11-4-2-10(15)3-5-11/h2-6,8H,7H2,1H3,(H,16,21). The van der Waals surface area contributed by atoms with Gasteiger partial charge in [-0.3, -0.25) is 4.79 Å². The van der Waals surface area contributed by atoms with Gasteiger partial charge in [0.1, 0.15) is 5.01 Å². The van der Waals surface area contributed by atoms with Crippen molar-refractivity contribution in [3.8, 4) is 5.69 Å². The van der Waals surface area contributed by atoms with Gasteiger partial charge >= 0.3 is 0 Å². The maximum absolute atomic E-state index is 12.2. The van der Waals surface area contributed by atoms with E-state index in [-0.39, 0.29) is 5.91 Å². The fourth-order valence-electron chi connectivity index (χ4n) is 1.83. The molecule has 9 heteroatoms. The van der Waals surface area contributed by atoms with E-state index in [2.05, 4.69) is 36.5 Å². The van der Waals surface area contributed by atoms with Crippen molar-refractivity contribution in [3.05, 3.63) is 51.7 Å². The van der Waals surface area contributed by atoms with Crippen LogP contribution >= 0.6 is 39.0 Å². The molecule has 0 aliphatic rings. The minimum Gasteiger partial charge on any atom is -0.345 e. The molecular weight excluding hydrogens is 398 g/mol. The Kier molecular flexibility index (Phi) is 5.09. The summed E-state index contributed by atoms with van der Waals surface area (Å²) in [4.78, 5) is 12.2. The van der Waals surface area contributed by atoms with Crippen LogP contribution in [0.2, 0.25) is 0 Å². The van der Waals surface area contributed by atoms with Crippen molar-refractivity contribution in [1.29, 1.82) is 0 Å². The second-order valence-corrected chi connectivity index (χ2v) is 7.53. The van der Waals surface area contributed by atoms with Crippen LogP contribution in [0.25, 0.3) is 5.69 Å². The molecule has 0 atom stereocenters. The second-order valence-electron chi connectivity index (χ2n) is 4.50. The van der Waals surface area contributed by atoms with Gasteiger partial charge in [-0.15, -0.1) is 10.2 Å². The second kappa shape index (κ2) is 7.24. The van der Waals surface area contributed by atoms with Crippen molar-refractivity contribution in [3.63, 3.8) is 0 Å². The van der Waals surface area contributed by atoms with Crippen LogP contribution in [0, 0.1) is 0 Å². The van der Waals surface area contributed by atoms with E-state index >= 15 is 0 Å². The Morgan fingerprint density at radius 2 is 2.13 bits per heavy atom. The number of amides is 1. The van der Waals surface area contributed by atoms with Gasteiger partial charge in [0.2, 0.25) is 0 Å². The molecule has 23 heavy (non-hydrogen) atoms. The van der Waals surface area contributed by atoms with E-state index in [1.165, 1.54) is 23.1 Å². The van der Waals surface area contributed by atoms with E-state index < -0.39 is 0 Å². The van der Waals surface area contributed by atoms with Crippen LogP contribution in [-0.4, -0.2) is 32.1 Å². The topological polar surface area (TPSA) is 72.7 Å². The monoisotopic (exact) mass is 409 g/mol. The van der Waals surface area contributed by atoms with Gasteiger partial charge in [0.15, 0.2) is 4.34 Å². The Morgan fingerprint density at radius 1 is 1.35 bits per heavy atom. The van der Waals surface area contributed by atoms with Gasteiger partial charge in [0.25, 0.3) is 5.91 Å². The first-order chi connectivity index (χ1) is 11.2. The SMILES string of the molecule is CSc1nnc(CNC(=O)c2cnn(-c3ccc(Br)cc3)c2)s1. The summed E-state index contributed by atoms with van der Waals surface area (Å²) in [6.45, 7) is 0.362. The third kappa shape index (κ3) is 3.98. The van der Waals surface area contributed by atoms with Gasteiger partial charge in [-0.1, -0.05) is 39.0 Å². The van der Waals surface area contributed by atoms with Crippen LogP contribution in [0.4, 0.5) is 0 Å². The summed E-state index contributed by atoms with van der Waals surface area (Å²) in [5, 5.41) is 15.8. The summed E-state index contributed by atoms with van der Waals surface area (Å²) in [7, 11) is 0. The lowest BCUT2D eigenvalue weighted by atomic mass is 10.3. The summed E-state index contributed by atoms with van der Waals surface area (Å²) in [6, 6.07) is 7.69. The van der Waals surface area contributed by atoms with Crippen LogP contribution in [0.5, 0.6) is 0 Å². The average Bonchev–Trinajstić information content (AvgIpc) is 3.22. The molecule has 2 heterocycles. The van der Waals surface area contributed by atoms with Crippen LogP contribution < -0.4 is 5.32 Å². The molecule has 0 saturated carbocycles. The van der Waals surface area contributed by atoms with E-state index in [1.807, 2.05) is 30.5 Å². The maximum atomic E-state index is 12.2. The third-order valence-electron chi connectivity index (χ3n) is 2.96.